The fourth-order valence-electron chi connectivity index (χ4n) is 2.88. The number of anilines is 1. The molecule has 0 bridgehead atoms. The fourth-order valence-corrected chi connectivity index (χ4v) is 2.88. The van der Waals surface area contributed by atoms with Crippen LogP contribution in [0.3, 0.4) is 0 Å². The van der Waals surface area contributed by atoms with Gasteiger partial charge in [-0.3, -0.25) is 4.79 Å². The number of ether oxygens (including phenoxy) is 3. The number of alkyl halides is 3. The number of methoxy groups -OCH3 is 3. The van der Waals surface area contributed by atoms with E-state index in [-0.39, 0.29) is 11.4 Å². The predicted octanol–water partition coefficient (Wildman–Crippen LogP) is 4.60. The molecule has 0 aliphatic carbocycles. The van der Waals surface area contributed by atoms with Crippen LogP contribution in [0.15, 0.2) is 30.3 Å². The maximum absolute atomic E-state index is 13.4. The third-order valence-electron chi connectivity index (χ3n) is 4.21. The molecule has 2 N–H and O–H groups in total. The number of aromatic nitrogens is 1. The zero-order valence-corrected chi connectivity index (χ0v) is 15.5. The average Bonchev–Trinajstić information content (AvgIpc) is 3.12. The standard InChI is InChI=1S/C19H16F4N2O4/c1-27-14-8-15(28-2)17(29-3)16-10(14)7-13(25-16)18(26)24-9-4-5-12(20)11(6-9)19(21,22)23/h4-8,25H,1-3H3,(H,24,26). The van der Waals surface area contributed by atoms with Crippen molar-refractivity contribution in [3.63, 3.8) is 0 Å². The number of halogens is 4. The largest absolute Gasteiger partial charge is 0.496 e. The number of benzene rings is 2. The molecule has 3 aromatic rings. The van der Waals surface area contributed by atoms with E-state index < -0.39 is 23.5 Å². The van der Waals surface area contributed by atoms with Crippen LogP contribution in [0.5, 0.6) is 17.2 Å². The first-order chi connectivity index (χ1) is 13.7. The van der Waals surface area contributed by atoms with Gasteiger partial charge in [-0.05, 0) is 24.3 Å². The van der Waals surface area contributed by atoms with Crippen LogP contribution in [0.4, 0.5) is 23.2 Å². The summed E-state index contributed by atoms with van der Waals surface area (Å²) in [7, 11) is 4.29. The van der Waals surface area contributed by atoms with Crippen LogP contribution in [-0.4, -0.2) is 32.2 Å². The third kappa shape index (κ3) is 3.78. The number of aromatic amines is 1. The molecule has 1 amide bonds. The fraction of sp³-hybridized carbons (Fsp3) is 0.211. The van der Waals surface area contributed by atoms with Crippen molar-refractivity contribution < 1.29 is 36.6 Å². The minimum atomic E-state index is -4.89. The number of nitrogens with one attached hydrogen (secondary N) is 2. The van der Waals surface area contributed by atoms with Crippen molar-refractivity contribution in [1.29, 1.82) is 0 Å². The van der Waals surface area contributed by atoms with Gasteiger partial charge in [0.2, 0.25) is 0 Å². The first-order valence-corrected chi connectivity index (χ1v) is 8.19. The van der Waals surface area contributed by atoms with Crippen LogP contribution >= 0.6 is 0 Å². The van der Waals surface area contributed by atoms with Gasteiger partial charge in [0.05, 0.1) is 32.4 Å². The molecule has 3 rings (SSSR count). The van der Waals surface area contributed by atoms with Crippen molar-refractivity contribution in [3.05, 3.63) is 47.4 Å². The average molecular weight is 412 g/mol. The number of hydrogen-bond acceptors (Lipinski definition) is 4. The van der Waals surface area contributed by atoms with Gasteiger partial charge in [-0.2, -0.15) is 13.2 Å². The van der Waals surface area contributed by atoms with E-state index in [1.807, 2.05) is 0 Å². The zero-order chi connectivity index (χ0) is 21.3. The molecule has 1 aromatic heterocycles. The summed E-state index contributed by atoms with van der Waals surface area (Å²) in [4.78, 5) is 15.4. The first-order valence-electron chi connectivity index (χ1n) is 8.19. The maximum atomic E-state index is 13.4. The van der Waals surface area contributed by atoms with Gasteiger partial charge < -0.3 is 24.5 Å². The van der Waals surface area contributed by atoms with Crippen molar-refractivity contribution in [3.8, 4) is 17.2 Å². The monoisotopic (exact) mass is 412 g/mol. The van der Waals surface area contributed by atoms with Crippen LogP contribution in [0.25, 0.3) is 10.9 Å². The second-order valence-electron chi connectivity index (χ2n) is 5.93. The summed E-state index contributed by atoms with van der Waals surface area (Å²) in [6, 6.07) is 5.24. The highest BCUT2D eigenvalue weighted by atomic mass is 19.4. The van der Waals surface area contributed by atoms with Crippen LogP contribution in [0.2, 0.25) is 0 Å². The lowest BCUT2D eigenvalue weighted by Crippen LogP contribution is -2.14. The highest BCUT2D eigenvalue weighted by Crippen LogP contribution is 2.41. The predicted molar refractivity (Wildman–Crippen MR) is 97.3 cm³/mol. The molecule has 0 fully saturated rings. The van der Waals surface area contributed by atoms with Crippen molar-refractivity contribution >= 4 is 22.5 Å². The van der Waals surface area contributed by atoms with Crippen molar-refractivity contribution in [2.75, 3.05) is 26.6 Å². The van der Waals surface area contributed by atoms with Crippen molar-refractivity contribution in [1.82, 2.24) is 4.98 Å². The van der Waals surface area contributed by atoms with Crippen LogP contribution in [0.1, 0.15) is 16.1 Å². The SMILES string of the molecule is COc1cc(OC)c2cc(C(=O)Nc3ccc(F)c(C(F)(F)F)c3)[nH]c2c1OC. The molecule has 1 heterocycles. The number of fused-ring (bicyclic) bond motifs is 1. The van der Waals surface area contributed by atoms with Crippen LogP contribution in [-0.2, 0) is 6.18 Å². The Bertz CT molecular complexity index is 1080. The Hall–Kier alpha value is -3.43. The summed E-state index contributed by atoms with van der Waals surface area (Å²) in [6.07, 6.45) is -4.89. The minimum Gasteiger partial charge on any atom is -0.496 e. The summed E-state index contributed by atoms with van der Waals surface area (Å²) in [5.41, 5.74) is -1.24. The summed E-state index contributed by atoms with van der Waals surface area (Å²) in [5.74, 6) is -1.08. The Morgan fingerprint density at radius 2 is 1.69 bits per heavy atom. The Balaban J connectivity index is 2.00. The quantitative estimate of drug-likeness (QED) is 0.601. The summed E-state index contributed by atoms with van der Waals surface area (Å²) >= 11 is 0. The molecule has 2 aromatic carbocycles. The molecule has 29 heavy (non-hydrogen) atoms. The van der Waals surface area contributed by atoms with E-state index in [0.29, 0.717) is 40.3 Å². The molecule has 0 radical (unpaired) electrons. The lowest BCUT2D eigenvalue weighted by molar-refractivity contribution is -0.139. The molecule has 0 aliphatic rings. The van der Waals surface area contributed by atoms with E-state index in [2.05, 4.69) is 10.3 Å². The zero-order valence-electron chi connectivity index (χ0n) is 15.5. The van der Waals surface area contributed by atoms with Gasteiger partial charge in [-0.15, -0.1) is 0 Å². The maximum Gasteiger partial charge on any atom is 0.419 e. The lowest BCUT2D eigenvalue weighted by Gasteiger charge is -2.11. The molecule has 0 unspecified atom stereocenters. The van der Waals surface area contributed by atoms with Crippen molar-refractivity contribution in [2.24, 2.45) is 0 Å². The van der Waals surface area contributed by atoms with Gasteiger partial charge in [0.15, 0.2) is 11.5 Å². The number of H-pyrrole nitrogens is 1. The van der Waals surface area contributed by atoms with Crippen LogP contribution < -0.4 is 19.5 Å². The molecule has 0 spiro atoms. The first kappa shape index (κ1) is 20.3. The molecule has 10 heteroatoms. The molecular weight excluding hydrogens is 396 g/mol. The van der Waals surface area contributed by atoms with Gasteiger partial charge in [0, 0.05) is 17.1 Å². The summed E-state index contributed by atoms with van der Waals surface area (Å²) < 4.78 is 67.9. The van der Waals surface area contributed by atoms with Crippen LogP contribution in [0, 0.1) is 5.82 Å². The molecule has 0 saturated carbocycles. The molecule has 0 aliphatic heterocycles. The number of carbonyl (C=O) groups is 1. The Labute approximate surface area is 162 Å². The Morgan fingerprint density at radius 3 is 2.28 bits per heavy atom. The second-order valence-corrected chi connectivity index (χ2v) is 5.93. The number of amides is 1. The molecule has 154 valence electrons. The smallest absolute Gasteiger partial charge is 0.419 e. The van der Waals surface area contributed by atoms with Gasteiger partial charge in [-0.1, -0.05) is 0 Å². The third-order valence-corrected chi connectivity index (χ3v) is 4.21. The van der Waals surface area contributed by atoms with E-state index >= 15 is 0 Å². The highest BCUT2D eigenvalue weighted by molar-refractivity contribution is 6.08. The Kier molecular flexibility index (Phi) is 5.27. The number of rotatable bonds is 5. The van der Waals surface area contributed by atoms with E-state index in [0.717, 1.165) is 6.07 Å². The number of hydrogen-bond donors (Lipinski definition) is 2. The molecule has 0 saturated heterocycles. The van der Waals surface area contributed by atoms with E-state index in [1.54, 1.807) is 6.07 Å². The minimum absolute atomic E-state index is 0.0303. The normalized spacial score (nSPS) is 11.4. The molecule has 6 nitrogen and oxygen atoms in total. The molecular formula is C19H16F4N2O4. The molecule has 0 atom stereocenters. The van der Waals surface area contributed by atoms with E-state index in [4.69, 9.17) is 14.2 Å². The van der Waals surface area contributed by atoms with Gasteiger partial charge >= 0.3 is 6.18 Å². The topological polar surface area (TPSA) is 72.6 Å². The summed E-state index contributed by atoms with van der Waals surface area (Å²) in [6.45, 7) is 0. The van der Waals surface area contributed by atoms with Gasteiger partial charge in [-0.25, -0.2) is 4.39 Å². The lowest BCUT2D eigenvalue weighted by atomic mass is 10.1. The second kappa shape index (κ2) is 7.53. The van der Waals surface area contributed by atoms with Gasteiger partial charge in [0.1, 0.15) is 17.3 Å². The van der Waals surface area contributed by atoms with Gasteiger partial charge in [0.25, 0.3) is 5.91 Å². The van der Waals surface area contributed by atoms with E-state index in [9.17, 15) is 22.4 Å². The summed E-state index contributed by atoms with van der Waals surface area (Å²) in [5, 5.41) is 2.82. The number of carbonyl (C=O) groups excluding carboxylic acids is 1. The highest BCUT2D eigenvalue weighted by Gasteiger charge is 2.34. The Morgan fingerprint density at radius 1 is 1.00 bits per heavy atom. The van der Waals surface area contributed by atoms with Crippen molar-refractivity contribution in [2.45, 2.75) is 6.18 Å². The van der Waals surface area contributed by atoms with E-state index in [1.165, 1.54) is 27.4 Å².